The van der Waals surface area contributed by atoms with Gasteiger partial charge in [0, 0.05) is 0 Å². The first-order valence-corrected chi connectivity index (χ1v) is 9.70. The van der Waals surface area contributed by atoms with Crippen molar-refractivity contribution in [2.24, 2.45) is 22.2 Å². The molecule has 2 nitrogen and oxygen atoms in total. The Bertz CT molecular complexity index is 380. The Morgan fingerprint density at radius 2 is 1.67 bits per heavy atom. The Hall–Kier alpha value is -0.600. The number of hydrogen-bond donors (Lipinski definition) is 0. The highest BCUT2D eigenvalue weighted by Crippen LogP contribution is 2.40. The number of alkyl halides is 1. The molecule has 0 aliphatic carbocycles. The molecule has 0 rings (SSSR count). The van der Waals surface area contributed by atoms with Gasteiger partial charge in [0.1, 0.15) is 0 Å². The van der Waals surface area contributed by atoms with Crippen molar-refractivity contribution in [2.75, 3.05) is 13.3 Å². The van der Waals surface area contributed by atoms with Gasteiger partial charge in [0.2, 0.25) is 0 Å². The summed E-state index contributed by atoms with van der Waals surface area (Å²) in [6.45, 7) is 16.8. The maximum absolute atomic E-state index is 13.5. The first kappa shape index (κ1) is 23.4. The Labute approximate surface area is 149 Å². The lowest BCUT2D eigenvalue weighted by Crippen LogP contribution is -2.35. The largest absolute Gasteiger partial charge is 0.465 e. The molecule has 0 radical (unpaired) electrons. The molecule has 0 amide bonds. The smallest absolute Gasteiger partial charge is 0.311 e. The average Bonchev–Trinajstić information content (AvgIpc) is 2.53. The first-order chi connectivity index (χ1) is 11.0. The van der Waals surface area contributed by atoms with E-state index in [1.54, 1.807) is 0 Å². The third kappa shape index (κ3) is 7.53. The molecule has 0 fully saturated rings. The fourth-order valence-corrected chi connectivity index (χ4v) is 3.30. The highest BCUT2D eigenvalue weighted by Gasteiger charge is 2.38. The van der Waals surface area contributed by atoms with Crippen LogP contribution in [0.5, 0.6) is 0 Å². The zero-order chi connectivity index (χ0) is 19.0. The topological polar surface area (TPSA) is 26.3 Å². The van der Waals surface area contributed by atoms with Crippen LogP contribution in [0.15, 0.2) is 0 Å². The second kappa shape index (κ2) is 9.77. The number of esters is 1. The Balaban J connectivity index is 4.69. The number of hydrogen-bond acceptors (Lipinski definition) is 2. The molecule has 0 aromatic rings. The number of rotatable bonds is 12. The van der Waals surface area contributed by atoms with Crippen LogP contribution in [0.2, 0.25) is 0 Å². The van der Waals surface area contributed by atoms with Crippen LogP contribution in [0, 0.1) is 22.2 Å². The quantitative estimate of drug-likeness (QED) is 0.374. The van der Waals surface area contributed by atoms with Crippen molar-refractivity contribution in [3.05, 3.63) is 0 Å². The summed E-state index contributed by atoms with van der Waals surface area (Å²) in [7, 11) is 0. The molecule has 3 heteroatoms. The Kier molecular flexibility index (Phi) is 9.53. The molecule has 0 saturated carbocycles. The molecule has 0 aliphatic heterocycles. The van der Waals surface area contributed by atoms with E-state index in [0.29, 0.717) is 18.9 Å². The van der Waals surface area contributed by atoms with Gasteiger partial charge in [0.05, 0.1) is 18.7 Å². The van der Waals surface area contributed by atoms with Gasteiger partial charge in [-0.15, -0.1) is 0 Å². The molecular formula is C21H41FO2. The van der Waals surface area contributed by atoms with Gasteiger partial charge in [-0.3, -0.25) is 9.18 Å². The van der Waals surface area contributed by atoms with Crippen molar-refractivity contribution in [1.82, 2.24) is 0 Å². The minimum atomic E-state index is -0.456. The van der Waals surface area contributed by atoms with Crippen molar-refractivity contribution < 1.29 is 13.9 Å². The molecule has 144 valence electrons. The van der Waals surface area contributed by atoms with Crippen molar-refractivity contribution in [2.45, 2.75) is 93.9 Å². The van der Waals surface area contributed by atoms with Gasteiger partial charge in [-0.05, 0) is 49.4 Å². The number of halogens is 1. The van der Waals surface area contributed by atoms with Gasteiger partial charge in [-0.2, -0.15) is 0 Å². The van der Waals surface area contributed by atoms with E-state index in [-0.39, 0.29) is 23.5 Å². The Morgan fingerprint density at radius 3 is 2.08 bits per heavy atom. The summed E-state index contributed by atoms with van der Waals surface area (Å²) in [5.74, 6) is 0.365. The number of carbonyl (C=O) groups is 1. The fraction of sp³-hybridized carbons (Fsp3) is 0.952. The van der Waals surface area contributed by atoms with Crippen molar-refractivity contribution in [3.8, 4) is 0 Å². The summed E-state index contributed by atoms with van der Waals surface area (Å²) in [4.78, 5) is 12.6. The molecule has 0 bridgehead atoms. The van der Waals surface area contributed by atoms with E-state index in [4.69, 9.17) is 4.74 Å². The second-order valence-corrected chi connectivity index (χ2v) is 9.16. The fourth-order valence-electron chi connectivity index (χ4n) is 3.30. The summed E-state index contributed by atoms with van der Waals surface area (Å²) in [6.07, 6.45) is 5.10. The van der Waals surface area contributed by atoms with Crippen LogP contribution in [0.1, 0.15) is 93.9 Å². The molecule has 0 saturated heterocycles. The SMILES string of the molecule is CCC(C)CC(C)(CF)CCOC(=O)C(C)(CC)CC(C)(C)CC. The summed E-state index contributed by atoms with van der Waals surface area (Å²) in [5.41, 5.74) is -0.725. The standard InChI is InChI=1S/C21H41FO2/c1-9-17(4)14-20(7,16-22)12-13-24-18(23)21(8,11-3)15-19(5,6)10-2/h17H,9-16H2,1-8H3. The van der Waals surface area contributed by atoms with E-state index in [1.165, 1.54) is 0 Å². The van der Waals surface area contributed by atoms with Crippen LogP contribution in [0.4, 0.5) is 4.39 Å². The third-order valence-electron chi connectivity index (χ3n) is 5.90. The summed E-state index contributed by atoms with van der Waals surface area (Å²) >= 11 is 0. The van der Waals surface area contributed by atoms with Gasteiger partial charge >= 0.3 is 5.97 Å². The summed E-state index contributed by atoms with van der Waals surface area (Å²) in [5, 5.41) is 0. The molecule has 0 spiro atoms. The van der Waals surface area contributed by atoms with Crippen LogP contribution in [0.3, 0.4) is 0 Å². The minimum absolute atomic E-state index is 0.119. The molecule has 24 heavy (non-hydrogen) atoms. The molecule has 0 aromatic heterocycles. The average molecular weight is 345 g/mol. The molecule has 0 aromatic carbocycles. The van der Waals surface area contributed by atoms with Gasteiger partial charge < -0.3 is 4.74 Å². The summed E-state index contributed by atoms with van der Waals surface area (Å²) in [6, 6.07) is 0. The zero-order valence-electron chi connectivity index (χ0n) is 17.4. The van der Waals surface area contributed by atoms with E-state index in [1.807, 2.05) is 20.8 Å². The maximum Gasteiger partial charge on any atom is 0.311 e. The van der Waals surface area contributed by atoms with E-state index in [9.17, 15) is 9.18 Å². The molecular weight excluding hydrogens is 303 g/mol. The van der Waals surface area contributed by atoms with E-state index >= 15 is 0 Å². The van der Waals surface area contributed by atoms with Gasteiger partial charge in [-0.25, -0.2) is 0 Å². The second-order valence-electron chi connectivity index (χ2n) is 9.16. The molecule has 3 unspecified atom stereocenters. The Morgan fingerprint density at radius 1 is 1.08 bits per heavy atom. The highest BCUT2D eigenvalue weighted by molar-refractivity contribution is 5.76. The van der Waals surface area contributed by atoms with E-state index < -0.39 is 5.41 Å². The van der Waals surface area contributed by atoms with Gasteiger partial charge in [0.25, 0.3) is 0 Å². The van der Waals surface area contributed by atoms with Crippen LogP contribution in [0.25, 0.3) is 0 Å². The lowest BCUT2D eigenvalue weighted by Gasteiger charge is -2.35. The first-order valence-electron chi connectivity index (χ1n) is 9.70. The number of ether oxygens (including phenoxy) is 1. The number of carbonyl (C=O) groups excluding carboxylic acids is 1. The molecule has 0 heterocycles. The van der Waals surface area contributed by atoms with Crippen LogP contribution in [-0.2, 0) is 9.53 Å². The van der Waals surface area contributed by atoms with E-state index in [0.717, 1.165) is 32.1 Å². The van der Waals surface area contributed by atoms with E-state index in [2.05, 4.69) is 34.6 Å². The highest BCUT2D eigenvalue weighted by atomic mass is 19.1. The van der Waals surface area contributed by atoms with Crippen molar-refractivity contribution >= 4 is 5.97 Å². The maximum atomic E-state index is 13.5. The third-order valence-corrected chi connectivity index (χ3v) is 5.90. The predicted octanol–water partition coefficient (Wildman–Crippen LogP) is 6.57. The van der Waals surface area contributed by atoms with Crippen LogP contribution < -0.4 is 0 Å². The summed E-state index contributed by atoms with van der Waals surface area (Å²) < 4.78 is 19.1. The lowest BCUT2D eigenvalue weighted by molar-refractivity contribution is -0.158. The van der Waals surface area contributed by atoms with Gasteiger partial charge in [0.15, 0.2) is 0 Å². The molecule has 0 aliphatic rings. The van der Waals surface area contributed by atoms with Crippen LogP contribution >= 0.6 is 0 Å². The predicted molar refractivity (Wildman–Crippen MR) is 101 cm³/mol. The van der Waals surface area contributed by atoms with Crippen LogP contribution in [-0.4, -0.2) is 19.3 Å². The van der Waals surface area contributed by atoms with Crippen molar-refractivity contribution in [1.29, 1.82) is 0 Å². The minimum Gasteiger partial charge on any atom is -0.465 e. The lowest BCUT2D eigenvalue weighted by atomic mass is 9.71. The van der Waals surface area contributed by atoms with Gasteiger partial charge in [-0.1, -0.05) is 61.3 Å². The molecule has 0 N–H and O–H groups in total. The zero-order valence-corrected chi connectivity index (χ0v) is 17.4. The van der Waals surface area contributed by atoms with Crippen molar-refractivity contribution in [3.63, 3.8) is 0 Å². The molecule has 3 atom stereocenters. The normalized spacial score (nSPS) is 18.5. The monoisotopic (exact) mass is 344 g/mol.